The van der Waals surface area contributed by atoms with E-state index in [0.29, 0.717) is 13.0 Å². The van der Waals surface area contributed by atoms with Gasteiger partial charge in [0.05, 0.1) is 11.1 Å². The van der Waals surface area contributed by atoms with Gasteiger partial charge in [-0.05, 0) is 36.8 Å². The molecule has 2 aromatic rings. The van der Waals surface area contributed by atoms with Crippen molar-refractivity contribution in [1.29, 1.82) is 0 Å². The topological polar surface area (TPSA) is 145 Å². The second-order valence-electron chi connectivity index (χ2n) is 7.12. The molecule has 0 fully saturated rings. The highest BCUT2D eigenvalue weighted by molar-refractivity contribution is 6.22. The van der Waals surface area contributed by atoms with Crippen molar-refractivity contribution in [3.8, 4) is 11.5 Å². The summed E-state index contributed by atoms with van der Waals surface area (Å²) >= 11 is 0. The Morgan fingerprint density at radius 1 is 0.875 bits per heavy atom. The predicted octanol–water partition coefficient (Wildman–Crippen LogP) is 0.890. The van der Waals surface area contributed by atoms with Gasteiger partial charge >= 0.3 is 0 Å². The monoisotopic (exact) mass is 441 g/mol. The number of phenols is 2. The van der Waals surface area contributed by atoms with Crippen molar-refractivity contribution in [3.63, 3.8) is 0 Å². The SMILES string of the molecule is COCCCN1C(=O)c2ccc(C(=O)NCCNC(=O)c3cc(O)cc(O)c3)cc2C1=O. The maximum absolute atomic E-state index is 12.5. The molecule has 0 saturated carbocycles. The first-order chi connectivity index (χ1) is 15.3. The molecule has 0 radical (unpaired) electrons. The number of amides is 4. The van der Waals surface area contributed by atoms with Crippen LogP contribution in [0.5, 0.6) is 11.5 Å². The van der Waals surface area contributed by atoms with Gasteiger partial charge in [-0.25, -0.2) is 0 Å². The van der Waals surface area contributed by atoms with Crippen molar-refractivity contribution in [1.82, 2.24) is 15.5 Å². The molecule has 0 aliphatic carbocycles. The van der Waals surface area contributed by atoms with Crippen LogP contribution in [0.2, 0.25) is 0 Å². The Bertz CT molecular complexity index is 1050. The van der Waals surface area contributed by atoms with Crippen LogP contribution >= 0.6 is 0 Å². The molecule has 0 bridgehead atoms. The summed E-state index contributed by atoms with van der Waals surface area (Å²) in [6.45, 7) is 0.849. The molecule has 1 aliphatic rings. The van der Waals surface area contributed by atoms with E-state index in [0.717, 1.165) is 11.0 Å². The van der Waals surface area contributed by atoms with Crippen LogP contribution in [0.1, 0.15) is 47.9 Å². The molecule has 168 valence electrons. The fraction of sp³-hybridized carbons (Fsp3) is 0.273. The molecule has 0 spiro atoms. The standard InChI is InChI=1S/C22H23N3O7/c1-32-8-2-7-25-21(30)17-4-3-13(11-18(17)22(25)31)19(28)23-5-6-24-20(29)14-9-15(26)12-16(27)10-14/h3-4,9-12,26-27H,2,5-8H2,1H3,(H,23,28)(H,24,29). The van der Waals surface area contributed by atoms with E-state index in [2.05, 4.69) is 10.6 Å². The molecule has 1 aliphatic heterocycles. The number of hydrogen-bond acceptors (Lipinski definition) is 7. The van der Waals surface area contributed by atoms with Crippen LogP contribution in [0, 0.1) is 0 Å². The number of ether oxygens (including phenoxy) is 1. The third kappa shape index (κ3) is 5.03. The second-order valence-corrected chi connectivity index (χ2v) is 7.12. The van der Waals surface area contributed by atoms with Crippen LogP contribution in [-0.4, -0.2) is 72.1 Å². The number of hydrogen-bond donors (Lipinski definition) is 4. The van der Waals surface area contributed by atoms with Gasteiger partial charge in [-0.15, -0.1) is 0 Å². The van der Waals surface area contributed by atoms with Crippen molar-refractivity contribution in [3.05, 3.63) is 58.7 Å². The largest absolute Gasteiger partial charge is 0.508 e. The van der Waals surface area contributed by atoms with Crippen LogP contribution in [-0.2, 0) is 4.74 Å². The molecule has 32 heavy (non-hydrogen) atoms. The fourth-order valence-corrected chi connectivity index (χ4v) is 3.28. The van der Waals surface area contributed by atoms with E-state index in [1.807, 2.05) is 0 Å². The Morgan fingerprint density at radius 3 is 2.09 bits per heavy atom. The molecule has 0 atom stereocenters. The number of imide groups is 1. The lowest BCUT2D eigenvalue weighted by Crippen LogP contribution is -2.34. The lowest BCUT2D eigenvalue weighted by molar-refractivity contribution is 0.0638. The first-order valence-electron chi connectivity index (χ1n) is 9.90. The summed E-state index contributed by atoms with van der Waals surface area (Å²) in [5.41, 5.74) is 0.723. The molecule has 2 aromatic carbocycles. The number of phenolic OH excluding ortho intramolecular Hbond substituents is 2. The van der Waals surface area contributed by atoms with Crippen LogP contribution in [0.3, 0.4) is 0 Å². The van der Waals surface area contributed by atoms with Crippen molar-refractivity contribution < 1.29 is 34.1 Å². The highest BCUT2D eigenvalue weighted by Crippen LogP contribution is 2.24. The van der Waals surface area contributed by atoms with E-state index >= 15 is 0 Å². The Kier molecular flexibility index (Phi) is 7.06. The summed E-state index contributed by atoms with van der Waals surface area (Å²) in [5.74, 6) is -2.32. The van der Waals surface area contributed by atoms with E-state index in [4.69, 9.17) is 4.74 Å². The molecule has 3 rings (SSSR count). The maximum Gasteiger partial charge on any atom is 0.261 e. The molecule has 4 amide bonds. The number of rotatable bonds is 9. The van der Waals surface area contributed by atoms with E-state index in [-0.39, 0.29) is 53.4 Å². The average molecular weight is 441 g/mol. The quantitative estimate of drug-likeness (QED) is 0.334. The Labute approximate surface area is 183 Å². The summed E-state index contributed by atoms with van der Waals surface area (Å²) in [6, 6.07) is 7.81. The smallest absolute Gasteiger partial charge is 0.261 e. The Balaban J connectivity index is 1.54. The zero-order valence-electron chi connectivity index (χ0n) is 17.4. The van der Waals surface area contributed by atoms with E-state index in [9.17, 15) is 29.4 Å². The van der Waals surface area contributed by atoms with Crippen LogP contribution < -0.4 is 10.6 Å². The Morgan fingerprint density at radius 2 is 1.47 bits per heavy atom. The van der Waals surface area contributed by atoms with Gasteiger partial charge in [0.1, 0.15) is 11.5 Å². The summed E-state index contributed by atoms with van der Waals surface area (Å²) in [5, 5.41) is 24.0. The zero-order chi connectivity index (χ0) is 23.3. The lowest BCUT2D eigenvalue weighted by Gasteiger charge is -2.12. The first kappa shape index (κ1) is 22.8. The first-order valence-corrected chi connectivity index (χ1v) is 9.90. The number of fused-ring (bicyclic) bond motifs is 1. The molecule has 1 heterocycles. The predicted molar refractivity (Wildman–Crippen MR) is 113 cm³/mol. The fourth-order valence-electron chi connectivity index (χ4n) is 3.28. The number of aromatic hydroxyl groups is 2. The highest BCUT2D eigenvalue weighted by Gasteiger charge is 2.35. The van der Waals surface area contributed by atoms with E-state index in [1.165, 1.54) is 37.4 Å². The van der Waals surface area contributed by atoms with Gasteiger partial charge in [-0.1, -0.05) is 0 Å². The number of carbonyl (C=O) groups excluding carboxylic acids is 4. The summed E-state index contributed by atoms with van der Waals surface area (Å²) < 4.78 is 4.95. The van der Waals surface area contributed by atoms with Gasteiger partial charge in [0.15, 0.2) is 0 Å². The molecule has 0 unspecified atom stereocenters. The molecule has 0 saturated heterocycles. The summed E-state index contributed by atoms with van der Waals surface area (Å²) in [6.07, 6.45) is 0.517. The van der Waals surface area contributed by atoms with Crippen molar-refractivity contribution >= 4 is 23.6 Å². The van der Waals surface area contributed by atoms with Crippen LogP contribution in [0.4, 0.5) is 0 Å². The molecular formula is C22H23N3O7. The van der Waals surface area contributed by atoms with Crippen LogP contribution in [0.15, 0.2) is 36.4 Å². The molecule has 10 heteroatoms. The molecule has 0 aromatic heterocycles. The molecule has 4 N–H and O–H groups in total. The second kappa shape index (κ2) is 9.92. The number of nitrogens with zero attached hydrogens (tertiary/aromatic N) is 1. The van der Waals surface area contributed by atoms with Crippen molar-refractivity contribution in [2.24, 2.45) is 0 Å². The molecular weight excluding hydrogens is 418 g/mol. The zero-order valence-corrected chi connectivity index (χ0v) is 17.4. The van der Waals surface area contributed by atoms with Gasteiger partial charge in [-0.3, -0.25) is 24.1 Å². The number of nitrogens with one attached hydrogen (secondary N) is 2. The van der Waals surface area contributed by atoms with Gasteiger partial charge in [0, 0.05) is 50.5 Å². The van der Waals surface area contributed by atoms with Gasteiger partial charge in [0.2, 0.25) is 0 Å². The minimum Gasteiger partial charge on any atom is -0.508 e. The van der Waals surface area contributed by atoms with E-state index in [1.54, 1.807) is 0 Å². The van der Waals surface area contributed by atoms with Crippen LogP contribution in [0.25, 0.3) is 0 Å². The molecule has 10 nitrogen and oxygen atoms in total. The number of carbonyl (C=O) groups is 4. The summed E-state index contributed by atoms with van der Waals surface area (Å²) in [7, 11) is 1.54. The van der Waals surface area contributed by atoms with Gasteiger partial charge in [0.25, 0.3) is 23.6 Å². The number of methoxy groups -OCH3 is 1. The lowest BCUT2D eigenvalue weighted by atomic mass is 10.1. The number of benzene rings is 2. The third-order valence-electron chi connectivity index (χ3n) is 4.82. The Hall–Kier alpha value is -3.92. The third-order valence-corrected chi connectivity index (χ3v) is 4.82. The summed E-state index contributed by atoms with van der Waals surface area (Å²) in [4.78, 5) is 50.6. The van der Waals surface area contributed by atoms with E-state index < -0.39 is 23.6 Å². The van der Waals surface area contributed by atoms with Gasteiger partial charge in [-0.2, -0.15) is 0 Å². The normalized spacial score (nSPS) is 12.6. The maximum atomic E-state index is 12.5. The van der Waals surface area contributed by atoms with Gasteiger partial charge < -0.3 is 25.6 Å². The van der Waals surface area contributed by atoms with Crippen molar-refractivity contribution in [2.75, 3.05) is 33.4 Å². The van der Waals surface area contributed by atoms with Crippen molar-refractivity contribution in [2.45, 2.75) is 6.42 Å². The average Bonchev–Trinajstić information content (AvgIpc) is 3.00. The minimum atomic E-state index is -0.527. The highest BCUT2D eigenvalue weighted by atomic mass is 16.5. The minimum absolute atomic E-state index is 0.0747.